The summed E-state index contributed by atoms with van der Waals surface area (Å²) >= 11 is -0.116. The number of rotatable bonds is 3. The molecule has 1 unspecified atom stereocenters. The second kappa shape index (κ2) is 5.08. The van der Waals surface area contributed by atoms with E-state index in [1.54, 1.807) is 0 Å². The summed E-state index contributed by atoms with van der Waals surface area (Å²) in [6.45, 7) is 4.05. The molecule has 0 aromatic rings. The van der Waals surface area contributed by atoms with Gasteiger partial charge in [-0.1, -0.05) is 0 Å². The summed E-state index contributed by atoms with van der Waals surface area (Å²) in [5, 5.41) is 0. The van der Waals surface area contributed by atoms with Gasteiger partial charge in [-0.15, -0.1) is 0 Å². The molecule has 54 valence electrons. The average molecular weight is 244 g/mol. The molecule has 2 nitrogen and oxygen atoms in total. The molecule has 3 heteroatoms. The van der Waals surface area contributed by atoms with Crippen LogP contribution in [-0.4, -0.2) is 34.0 Å². The fourth-order valence-electron chi connectivity index (χ4n) is 0.484. The maximum absolute atomic E-state index is 10.7. The zero-order chi connectivity index (χ0) is 7.28. The van der Waals surface area contributed by atoms with E-state index in [9.17, 15) is 4.79 Å². The Kier molecular flexibility index (Phi) is 5.22. The van der Waals surface area contributed by atoms with Crippen molar-refractivity contribution in [3.05, 3.63) is 0 Å². The van der Waals surface area contributed by atoms with Gasteiger partial charge in [0, 0.05) is 0 Å². The Morgan fingerprint density at radius 1 is 1.78 bits per heavy atom. The third-order valence-electron chi connectivity index (χ3n) is 0.950. The minimum atomic E-state index is -0.116. The van der Waals surface area contributed by atoms with Crippen molar-refractivity contribution in [2.45, 2.75) is 22.3 Å². The van der Waals surface area contributed by atoms with Gasteiger partial charge in [-0.3, -0.25) is 0 Å². The number of methoxy groups -OCH3 is 1. The van der Waals surface area contributed by atoms with Crippen LogP contribution >= 0.6 is 0 Å². The molecule has 0 rings (SSSR count). The van der Waals surface area contributed by atoms with Crippen LogP contribution in [0.15, 0.2) is 0 Å². The van der Waals surface area contributed by atoms with Crippen molar-refractivity contribution >= 4 is 26.9 Å². The van der Waals surface area contributed by atoms with E-state index < -0.39 is 0 Å². The predicted octanol–water partition coefficient (Wildman–Crippen LogP) is 1.11. The van der Waals surface area contributed by atoms with Crippen molar-refractivity contribution in [2.75, 3.05) is 7.11 Å². The molecule has 1 atom stereocenters. The molecule has 0 saturated heterocycles. The molecule has 0 bridgehead atoms. The SMILES string of the molecule is CC[Te]C(C)C(=O)OC. The molecule has 0 fully saturated rings. The Bertz CT molecular complexity index is 93.1. The minimum absolute atomic E-state index is 0.0424. The van der Waals surface area contributed by atoms with Gasteiger partial charge in [0.2, 0.25) is 0 Å². The van der Waals surface area contributed by atoms with Crippen LogP contribution < -0.4 is 0 Å². The van der Waals surface area contributed by atoms with Crippen molar-refractivity contribution in [3.8, 4) is 0 Å². The van der Waals surface area contributed by atoms with E-state index in [0.29, 0.717) is 0 Å². The normalized spacial score (nSPS) is 12.8. The van der Waals surface area contributed by atoms with Gasteiger partial charge in [0.15, 0.2) is 0 Å². The summed E-state index contributed by atoms with van der Waals surface area (Å²) in [6.07, 6.45) is 0. The van der Waals surface area contributed by atoms with Gasteiger partial charge < -0.3 is 0 Å². The first-order valence-electron chi connectivity index (χ1n) is 2.91. The second-order valence-corrected chi connectivity index (χ2v) is 6.24. The van der Waals surface area contributed by atoms with Crippen LogP contribution in [0, 0.1) is 0 Å². The fraction of sp³-hybridized carbons (Fsp3) is 0.833. The first-order valence-corrected chi connectivity index (χ1v) is 5.91. The number of hydrogen-bond acceptors (Lipinski definition) is 2. The van der Waals surface area contributed by atoms with Crippen LogP contribution in [0.5, 0.6) is 0 Å². The van der Waals surface area contributed by atoms with Gasteiger partial charge in [-0.2, -0.15) is 0 Å². The molecule has 9 heavy (non-hydrogen) atoms. The molecule has 0 aliphatic carbocycles. The zero-order valence-electron chi connectivity index (χ0n) is 6.01. The van der Waals surface area contributed by atoms with Gasteiger partial charge in [0.1, 0.15) is 0 Å². The van der Waals surface area contributed by atoms with E-state index in [1.165, 1.54) is 11.6 Å². The fourth-order valence-corrected chi connectivity index (χ4v) is 2.57. The number of ether oxygens (including phenoxy) is 1. The number of esters is 1. The van der Waals surface area contributed by atoms with Crippen LogP contribution in [0.2, 0.25) is 8.43 Å². The van der Waals surface area contributed by atoms with Gasteiger partial charge in [-0.25, -0.2) is 0 Å². The molecule has 0 radical (unpaired) electrons. The zero-order valence-corrected chi connectivity index (χ0v) is 8.34. The maximum atomic E-state index is 10.7. The average Bonchev–Trinajstić information content (AvgIpc) is 1.87. The summed E-state index contributed by atoms with van der Waals surface area (Å²) in [6, 6.07) is 0. The second-order valence-electron chi connectivity index (χ2n) is 1.62. The third kappa shape index (κ3) is 3.77. The Labute approximate surface area is 66.0 Å². The quantitative estimate of drug-likeness (QED) is 0.548. The molecule has 0 N–H and O–H groups in total. The molecular formula is C6H12O2Te. The first kappa shape index (κ1) is 9.26. The van der Waals surface area contributed by atoms with E-state index in [1.807, 2.05) is 6.92 Å². The summed E-state index contributed by atoms with van der Waals surface area (Å²) in [4.78, 5) is 10.7. The molecule has 0 saturated carbocycles. The van der Waals surface area contributed by atoms with E-state index in [-0.39, 0.29) is 30.9 Å². The molecule has 0 spiro atoms. The van der Waals surface area contributed by atoms with Crippen molar-refractivity contribution in [1.29, 1.82) is 0 Å². The monoisotopic (exact) mass is 246 g/mol. The van der Waals surface area contributed by atoms with Gasteiger partial charge in [-0.05, 0) is 0 Å². The van der Waals surface area contributed by atoms with E-state index in [2.05, 4.69) is 11.7 Å². The summed E-state index contributed by atoms with van der Waals surface area (Å²) < 4.78 is 5.93. The molecule has 0 aromatic carbocycles. The van der Waals surface area contributed by atoms with Crippen LogP contribution in [0.25, 0.3) is 0 Å². The number of carbonyl (C=O) groups is 1. The van der Waals surface area contributed by atoms with Crippen molar-refractivity contribution < 1.29 is 9.53 Å². The van der Waals surface area contributed by atoms with Crippen molar-refractivity contribution in [1.82, 2.24) is 0 Å². The van der Waals surface area contributed by atoms with Crippen molar-refractivity contribution in [2.24, 2.45) is 0 Å². The molecule has 0 heterocycles. The van der Waals surface area contributed by atoms with Crippen LogP contribution in [0.1, 0.15) is 13.8 Å². The Balaban J connectivity index is 3.45. The van der Waals surface area contributed by atoms with Crippen LogP contribution in [-0.2, 0) is 9.53 Å². The number of carbonyl (C=O) groups excluding carboxylic acids is 1. The first-order chi connectivity index (χ1) is 4.22. The summed E-state index contributed by atoms with van der Waals surface area (Å²) in [5.74, 6) is -0.0424. The molecule has 0 aliphatic rings. The predicted molar refractivity (Wildman–Crippen MR) is 37.7 cm³/mol. The topological polar surface area (TPSA) is 26.3 Å². The van der Waals surface area contributed by atoms with Gasteiger partial charge in [0.05, 0.1) is 0 Å². The molecule has 0 amide bonds. The van der Waals surface area contributed by atoms with E-state index in [4.69, 9.17) is 0 Å². The van der Waals surface area contributed by atoms with Crippen LogP contribution in [0.3, 0.4) is 0 Å². The van der Waals surface area contributed by atoms with Crippen LogP contribution in [0.4, 0.5) is 0 Å². The Morgan fingerprint density at radius 3 is 2.67 bits per heavy atom. The Hall–Kier alpha value is 0.260. The third-order valence-corrected chi connectivity index (χ3v) is 3.88. The molecule has 0 aromatic heterocycles. The summed E-state index contributed by atoms with van der Waals surface area (Å²) in [7, 11) is 1.45. The standard InChI is InChI=1S/C6H12O2Te/c1-4-9-5(2)6(7)8-3/h5H,4H2,1-3H3. The van der Waals surface area contributed by atoms with E-state index in [0.717, 1.165) is 0 Å². The number of hydrogen-bond donors (Lipinski definition) is 0. The van der Waals surface area contributed by atoms with Gasteiger partial charge >= 0.3 is 65.8 Å². The van der Waals surface area contributed by atoms with Crippen molar-refractivity contribution in [3.63, 3.8) is 0 Å². The van der Waals surface area contributed by atoms with Gasteiger partial charge in [0.25, 0.3) is 0 Å². The Morgan fingerprint density at radius 2 is 2.33 bits per heavy atom. The molecular weight excluding hydrogens is 232 g/mol. The van der Waals surface area contributed by atoms with E-state index >= 15 is 0 Å². The molecule has 0 aliphatic heterocycles. The summed E-state index contributed by atoms with van der Waals surface area (Å²) in [5.41, 5.74) is 0.